The highest BCUT2D eigenvalue weighted by Crippen LogP contribution is 2.37. The van der Waals surface area contributed by atoms with Crippen LogP contribution in [0.25, 0.3) is 0 Å². The summed E-state index contributed by atoms with van der Waals surface area (Å²) in [6, 6.07) is 9.70. The highest BCUT2D eigenvalue weighted by atomic mass is 32.1. The van der Waals surface area contributed by atoms with Crippen molar-refractivity contribution in [3.63, 3.8) is 0 Å². The fraction of sp³-hybridized carbons (Fsp3) is 0.471. The zero-order valence-electron chi connectivity index (χ0n) is 12.2. The van der Waals surface area contributed by atoms with Crippen molar-refractivity contribution in [3.8, 4) is 0 Å². The molecule has 1 unspecified atom stereocenters. The first-order valence-electron chi connectivity index (χ1n) is 7.41. The van der Waals surface area contributed by atoms with Crippen LogP contribution in [0.1, 0.15) is 47.7 Å². The molecule has 1 heterocycles. The van der Waals surface area contributed by atoms with Crippen LogP contribution in [-0.4, -0.2) is 17.6 Å². The fourth-order valence-corrected chi connectivity index (χ4v) is 3.50. The number of nitrogens with zero attached hydrogens (tertiary/aromatic N) is 1. The van der Waals surface area contributed by atoms with E-state index in [9.17, 15) is 0 Å². The van der Waals surface area contributed by atoms with Gasteiger partial charge in [-0.3, -0.25) is 0 Å². The van der Waals surface area contributed by atoms with Gasteiger partial charge in [0.1, 0.15) is 0 Å². The third-order valence-corrected chi connectivity index (χ3v) is 5.28. The number of hydrogen-bond acceptors (Lipinski definition) is 3. The zero-order valence-corrected chi connectivity index (χ0v) is 13.0. The van der Waals surface area contributed by atoms with Gasteiger partial charge in [0.2, 0.25) is 0 Å². The molecule has 1 aromatic carbocycles. The van der Waals surface area contributed by atoms with Gasteiger partial charge in [-0.15, -0.1) is 11.3 Å². The van der Waals surface area contributed by atoms with E-state index in [4.69, 9.17) is 0 Å². The Morgan fingerprint density at radius 3 is 2.70 bits per heavy atom. The van der Waals surface area contributed by atoms with E-state index in [1.165, 1.54) is 29.0 Å². The van der Waals surface area contributed by atoms with Crippen molar-refractivity contribution in [2.75, 3.05) is 6.54 Å². The van der Waals surface area contributed by atoms with Crippen molar-refractivity contribution in [3.05, 3.63) is 52.0 Å². The maximum Gasteiger partial charge on any atom is 0.0965 e. The van der Waals surface area contributed by atoms with Crippen LogP contribution >= 0.6 is 11.3 Å². The SMILES string of the molecule is Cc1ccc(C2CC(NCC(C)c3nccs3)C2)cc1. The second kappa shape index (κ2) is 6.06. The van der Waals surface area contributed by atoms with E-state index >= 15 is 0 Å². The molecule has 2 aromatic rings. The minimum absolute atomic E-state index is 0.522. The third-order valence-electron chi connectivity index (χ3n) is 4.27. The van der Waals surface area contributed by atoms with Crippen LogP contribution < -0.4 is 5.32 Å². The van der Waals surface area contributed by atoms with Crippen molar-refractivity contribution in [2.24, 2.45) is 0 Å². The fourth-order valence-electron chi connectivity index (χ4n) is 2.80. The monoisotopic (exact) mass is 286 g/mol. The average Bonchev–Trinajstić information content (AvgIpc) is 2.92. The van der Waals surface area contributed by atoms with Gasteiger partial charge in [-0.2, -0.15) is 0 Å². The van der Waals surface area contributed by atoms with Crippen LogP contribution in [0.3, 0.4) is 0 Å². The summed E-state index contributed by atoms with van der Waals surface area (Å²) in [7, 11) is 0. The number of benzene rings is 1. The normalized spacial score (nSPS) is 23.3. The number of thiazole rings is 1. The molecule has 0 bridgehead atoms. The summed E-state index contributed by atoms with van der Waals surface area (Å²) in [6.07, 6.45) is 4.44. The summed E-state index contributed by atoms with van der Waals surface area (Å²) in [5.41, 5.74) is 2.85. The molecule has 106 valence electrons. The second-order valence-electron chi connectivity index (χ2n) is 5.96. The van der Waals surface area contributed by atoms with E-state index in [0.29, 0.717) is 12.0 Å². The lowest BCUT2D eigenvalue weighted by Crippen LogP contribution is -2.41. The first kappa shape index (κ1) is 13.8. The smallest absolute Gasteiger partial charge is 0.0965 e. The molecule has 2 nitrogen and oxygen atoms in total. The zero-order chi connectivity index (χ0) is 13.9. The highest BCUT2D eigenvalue weighted by Gasteiger charge is 2.30. The van der Waals surface area contributed by atoms with E-state index in [1.807, 2.05) is 6.20 Å². The van der Waals surface area contributed by atoms with Crippen LogP contribution in [0, 0.1) is 6.92 Å². The summed E-state index contributed by atoms with van der Waals surface area (Å²) >= 11 is 1.76. The number of rotatable bonds is 5. The molecule has 1 N–H and O–H groups in total. The minimum atomic E-state index is 0.522. The van der Waals surface area contributed by atoms with Crippen molar-refractivity contribution >= 4 is 11.3 Å². The molecule has 1 fully saturated rings. The molecule has 20 heavy (non-hydrogen) atoms. The molecule has 1 aromatic heterocycles. The lowest BCUT2D eigenvalue weighted by Gasteiger charge is -2.37. The molecule has 1 aliphatic rings. The van der Waals surface area contributed by atoms with Gasteiger partial charge in [-0.1, -0.05) is 36.8 Å². The van der Waals surface area contributed by atoms with E-state index in [0.717, 1.165) is 12.5 Å². The molecule has 1 atom stereocenters. The van der Waals surface area contributed by atoms with Gasteiger partial charge in [0.15, 0.2) is 0 Å². The lowest BCUT2D eigenvalue weighted by atomic mass is 9.75. The standard InChI is InChI=1S/C17H22N2S/c1-12-3-5-14(6-4-12)15-9-16(10-15)19-11-13(2)17-18-7-8-20-17/h3-8,13,15-16,19H,9-11H2,1-2H3. The van der Waals surface area contributed by atoms with Crippen LogP contribution in [0.4, 0.5) is 0 Å². The predicted molar refractivity (Wildman–Crippen MR) is 85.5 cm³/mol. The first-order chi connectivity index (χ1) is 9.72. The molecule has 0 aliphatic heterocycles. The number of nitrogens with one attached hydrogen (secondary N) is 1. The van der Waals surface area contributed by atoms with Crippen molar-refractivity contribution in [1.29, 1.82) is 0 Å². The highest BCUT2D eigenvalue weighted by molar-refractivity contribution is 7.09. The Bertz CT molecular complexity index is 527. The molecular weight excluding hydrogens is 264 g/mol. The lowest BCUT2D eigenvalue weighted by molar-refractivity contribution is 0.287. The molecule has 3 rings (SSSR count). The van der Waals surface area contributed by atoms with Gasteiger partial charge in [-0.05, 0) is 31.2 Å². The molecule has 3 heteroatoms. The van der Waals surface area contributed by atoms with Crippen molar-refractivity contribution in [1.82, 2.24) is 10.3 Å². The first-order valence-corrected chi connectivity index (χ1v) is 8.29. The van der Waals surface area contributed by atoms with Crippen LogP contribution in [0.5, 0.6) is 0 Å². The molecule has 0 amide bonds. The van der Waals surface area contributed by atoms with Crippen molar-refractivity contribution < 1.29 is 0 Å². The largest absolute Gasteiger partial charge is 0.313 e. The van der Waals surface area contributed by atoms with Gasteiger partial charge in [0.25, 0.3) is 0 Å². The van der Waals surface area contributed by atoms with Crippen LogP contribution in [0.2, 0.25) is 0 Å². The van der Waals surface area contributed by atoms with E-state index in [-0.39, 0.29) is 0 Å². The van der Waals surface area contributed by atoms with E-state index in [2.05, 4.69) is 53.8 Å². The van der Waals surface area contributed by atoms with E-state index in [1.54, 1.807) is 11.3 Å². The van der Waals surface area contributed by atoms with Gasteiger partial charge in [-0.25, -0.2) is 4.98 Å². The average molecular weight is 286 g/mol. The molecule has 0 radical (unpaired) electrons. The minimum Gasteiger partial charge on any atom is -0.313 e. The molecular formula is C17H22N2S. The third kappa shape index (κ3) is 3.10. The molecule has 1 saturated carbocycles. The summed E-state index contributed by atoms with van der Waals surface area (Å²) in [6.45, 7) is 5.44. The number of aromatic nitrogens is 1. The number of aryl methyl sites for hydroxylation is 1. The quantitative estimate of drug-likeness (QED) is 0.895. The summed E-state index contributed by atoms with van der Waals surface area (Å²) < 4.78 is 0. The Kier molecular flexibility index (Phi) is 4.18. The number of hydrogen-bond donors (Lipinski definition) is 1. The second-order valence-corrected chi connectivity index (χ2v) is 6.88. The Hall–Kier alpha value is -1.19. The van der Waals surface area contributed by atoms with Crippen LogP contribution in [-0.2, 0) is 0 Å². The summed E-state index contributed by atoms with van der Waals surface area (Å²) in [5, 5.41) is 6.99. The summed E-state index contributed by atoms with van der Waals surface area (Å²) in [4.78, 5) is 4.39. The Labute approximate surface area is 125 Å². The van der Waals surface area contributed by atoms with Gasteiger partial charge in [0.05, 0.1) is 5.01 Å². The summed E-state index contributed by atoms with van der Waals surface area (Å²) in [5.74, 6) is 1.27. The van der Waals surface area contributed by atoms with Gasteiger partial charge in [0, 0.05) is 30.1 Å². The molecule has 0 saturated heterocycles. The molecule has 0 spiro atoms. The maximum atomic E-state index is 4.39. The Morgan fingerprint density at radius 2 is 2.05 bits per heavy atom. The Morgan fingerprint density at radius 1 is 1.30 bits per heavy atom. The van der Waals surface area contributed by atoms with Crippen molar-refractivity contribution in [2.45, 2.75) is 44.6 Å². The molecule has 1 aliphatic carbocycles. The Balaban J connectivity index is 1.43. The predicted octanol–water partition coefficient (Wildman–Crippen LogP) is 4.09. The topological polar surface area (TPSA) is 24.9 Å². The maximum absolute atomic E-state index is 4.39. The van der Waals surface area contributed by atoms with Gasteiger partial charge < -0.3 is 5.32 Å². The van der Waals surface area contributed by atoms with E-state index < -0.39 is 0 Å². The van der Waals surface area contributed by atoms with Crippen LogP contribution in [0.15, 0.2) is 35.8 Å². The van der Waals surface area contributed by atoms with Gasteiger partial charge >= 0.3 is 0 Å².